The summed E-state index contributed by atoms with van der Waals surface area (Å²) in [5.41, 5.74) is 0.781. The molecule has 1 aromatic rings. The molecule has 3 nitrogen and oxygen atoms in total. The molecule has 2 rings (SSSR count). The first-order valence-electron chi connectivity index (χ1n) is 6.19. The first kappa shape index (κ1) is 14.4. The topological polar surface area (TPSA) is 27.7 Å². The van der Waals surface area contributed by atoms with Crippen LogP contribution in [0.2, 0.25) is 0 Å². The van der Waals surface area contributed by atoms with Gasteiger partial charge in [-0.1, -0.05) is 0 Å². The lowest BCUT2D eigenvalue weighted by Crippen LogP contribution is -2.27. The van der Waals surface area contributed by atoms with E-state index in [4.69, 9.17) is 14.2 Å². The Hall–Kier alpha value is -1.04. The summed E-state index contributed by atoms with van der Waals surface area (Å²) in [5, 5.41) is 0. The van der Waals surface area contributed by atoms with Gasteiger partial charge in [0.15, 0.2) is 0 Å². The van der Waals surface area contributed by atoms with Crippen LogP contribution in [0.4, 0.5) is 8.78 Å². The normalized spacial score (nSPS) is 26.9. The molecule has 0 N–H and O–H groups in total. The van der Waals surface area contributed by atoms with Crippen molar-refractivity contribution in [3.8, 4) is 0 Å². The van der Waals surface area contributed by atoms with Gasteiger partial charge in [-0.15, -0.1) is 0 Å². The van der Waals surface area contributed by atoms with E-state index >= 15 is 0 Å². The summed E-state index contributed by atoms with van der Waals surface area (Å²) in [4.78, 5) is 0. The zero-order valence-electron chi connectivity index (χ0n) is 11.3. The minimum atomic E-state index is -0.582. The van der Waals surface area contributed by atoms with Gasteiger partial charge in [-0.05, 0) is 18.6 Å². The number of aryl methyl sites for hydroxylation is 1. The van der Waals surface area contributed by atoms with Gasteiger partial charge in [-0.25, -0.2) is 8.78 Å². The molecule has 0 spiro atoms. The van der Waals surface area contributed by atoms with Crippen molar-refractivity contribution in [2.24, 2.45) is 0 Å². The largest absolute Gasteiger partial charge is 0.382 e. The van der Waals surface area contributed by atoms with Crippen LogP contribution in [0.5, 0.6) is 0 Å². The van der Waals surface area contributed by atoms with Crippen LogP contribution in [-0.2, 0) is 14.2 Å². The monoisotopic (exact) mass is 272 g/mol. The highest BCUT2D eigenvalue weighted by Gasteiger charge is 2.37. The van der Waals surface area contributed by atoms with Crippen molar-refractivity contribution in [3.63, 3.8) is 0 Å². The van der Waals surface area contributed by atoms with E-state index in [0.717, 1.165) is 6.07 Å². The van der Waals surface area contributed by atoms with Crippen LogP contribution >= 0.6 is 0 Å². The van der Waals surface area contributed by atoms with Crippen LogP contribution in [-0.4, -0.2) is 33.0 Å². The third kappa shape index (κ3) is 2.94. The summed E-state index contributed by atoms with van der Waals surface area (Å²) in [6, 6.07) is 2.40. The summed E-state index contributed by atoms with van der Waals surface area (Å²) >= 11 is 0. The maximum Gasteiger partial charge on any atom is 0.131 e. The first-order valence-corrected chi connectivity index (χ1v) is 6.19. The average Bonchev–Trinajstić information content (AvgIpc) is 2.77. The molecule has 0 amide bonds. The summed E-state index contributed by atoms with van der Waals surface area (Å²) in [6.07, 6.45) is -0.268. The van der Waals surface area contributed by atoms with Crippen LogP contribution < -0.4 is 0 Å². The zero-order valence-corrected chi connectivity index (χ0v) is 11.3. The van der Waals surface area contributed by atoms with E-state index in [9.17, 15) is 8.78 Å². The van der Waals surface area contributed by atoms with Crippen molar-refractivity contribution in [3.05, 3.63) is 34.9 Å². The Kier molecular flexibility index (Phi) is 4.50. The summed E-state index contributed by atoms with van der Waals surface area (Å²) < 4.78 is 43.2. The predicted octanol–water partition coefficient (Wildman–Crippen LogP) is 2.76. The molecule has 0 bridgehead atoms. The molecule has 1 aliphatic heterocycles. The van der Waals surface area contributed by atoms with Crippen molar-refractivity contribution in [1.82, 2.24) is 0 Å². The second-order valence-corrected chi connectivity index (χ2v) is 4.75. The van der Waals surface area contributed by atoms with E-state index in [2.05, 4.69) is 0 Å². The average molecular weight is 272 g/mol. The third-order valence-corrected chi connectivity index (χ3v) is 3.46. The van der Waals surface area contributed by atoms with Gasteiger partial charge in [0.05, 0.1) is 18.8 Å². The van der Waals surface area contributed by atoms with Crippen molar-refractivity contribution in [1.29, 1.82) is 0 Å². The Morgan fingerprint density at radius 1 is 1.26 bits per heavy atom. The molecule has 5 heteroatoms. The lowest BCUT2D eigenvalue weighted by atomic mass is 10.0. The molecule has 1 unspecified atom stereocenters. The Balaban J connectivity index is 2.21. The minimum absolute atomic E-state index is 0.144. The molecule has 3 atom stereocenters. The van der Waals surface area contributed by atoms with Gasteiger partial charge in [0.25, 0.3) is 0 Å². The van der Waals surface area contributed by atoms with Crippen molar-refractivity contribution >= 4 is 0 Å². The number of methoxy groups -OCH3 is 2. The Morgan fingerprint density at radius 2 is 2.00 bits per heavy atom. The van der Waals surface area contributed by atoms with Gasteiger partial charge in [0.2, 0.25) is 0 Å². The van der Waals surface area contributed by atoms with Crippen LogP contribution in [0.25, 0.3) is 0 Å². The number of halogens is 2. The molecule has 0 aromatic heterocycles. The molecular formula is C14H18F2O3. The second-order valence-electron chi connectivity index (χ2n) is 4.75. The fourth-order valence-electron chi connectivity index (χ4n) is 2.40. The highest BCUT2D eigenvalue weighted by atomic mass is 19.1. The van der Waals surface area contributed by atoms with Crippen molar-refractivity contribution < 1.29 is 23.0 Å². The van der Waals surface area contributed by atoms with Crippen molar-refractivity contribution in [2.45, 2.75) is 31.7 Å². The summed E-state index contributed by atoms with van der Waals surface area (Å²) in [7, 11) is 3.16. The highest BCUT2D eigenvalue weighted by molar-refractivity contribution is 5.28. The molecule has 1 saturated heterocycles. The number of rotatable bonds is 4. The van der Waals surface area contributed by atoms with E-state index in [-0.39, 0.29) is 12.2 Å². The van der Waals surface area contributed by atoms with Gasteiger partial charge in [0, 0.05) is 32.3 Å². The van der Waals surface area contributed by atoms with Crippen LogP contribution in [0.1, 0.15) is 23.7 Å². The zero-order chi connectivity index (χ0) is 14.0. The number of hydrogen-bond acceptors (Lipinski definition) is 3. The predicted molar refractivity (Wildman–Crippen MR) is 66.0 cm³/mol. The Bertz CT molecular complexity index is 451. The molecule has 106 valence electrons. The molecular weight excluding hydrogens is 254 g/mol. The molecule has 1 fully saturated rings. The third-order valence-electron chi connectivity index (χ3n) is 3.46. The molecule has 0 aliphatic carbocycles. The molecule has 19 heavy (non-hydrogen) atoms. The maximum absolute atomic E-state index is 13.8. The maximum atomic E-state index is 13.8. The molecule has 1 aromatic carbocycles. The van der Waals surface area contributed by atoms with E-state index in [1.165, 1.54) is 6.07 Å². The number of hydrogen-bond donors (Lipinski definition) is 0. The van der Waals surface area contributed by atoms with Crippen LogP contribution in [0.3, 0.4) is 0 Å². The fraction of sp³-hybridized carbons (Fsp3) is 0.571. The standard InChI is InChI=1S/C14H18F2O3/c1-8-4-9(11(16)5-10(8)15)12-6-13(18-3)14(19-12)7-17-2/h4-5,12-14H,6-7H2,1-3H3/t12-,13+,14?/m1/s1. The van der Waals surface area contributed by atoms with Crippen LogP contribution in [0, 0.1) is 18.6 Å². The number of ether oxygens (including phenoxy) is 3. The second kappa shape index (κ2) is 5.94. The van der Waals surface area contributed by atoms with Gasteiger partial charge in [0.1, 0.15) is 17.7 Å². The quantitative estimate of drug-likeness (QED) is 0.843. The van der Waals surface area contributed by atoms with E-state index in [1.54, 1.807) is 21.1 Å². The van der Waals surface area contributed by atoms with Gasteiger partial charge >= 0.3 is 0 Å². The fourth-order valence-corrected chi connectivity index (χ4v) is 2.40. The van der Waals surface area contributed by atoms with E-state index in [1.807, 2.05) is 0 Å². The van der Waals surface area contributed by atoms with Gasteiger partial charge in [-0.3, -0.25) is 0 Å². The molecule has 1 heterocycles. The lowest BCUT2D eigenvalue weighted by Gasteiger charge is -2.16. The minimum Gasteiger partial charge on any atom is -0.382 e. The summed E-state index contributed by atoms with van der Waals surface area (Å²) in [6.45, 7) is 1.99. The Labute approximate surface area is 111 Å². The molecule has 0 radical (unpaired) electrons. The van der Waals surface area contributed by atoms with E-state index in [0.29, 0.717) is 24.2 Å². The van der Waals surface area contributed by atoms with Crippen LogP contribution in [0.15, 0.2) is 12.1 Å². The molecule has 1 aliphatic rings. The summed E-state index contributed by atoms with van der Waals surface area (Å²) in [5.74, 6) is -1.13. The smallest absolute Gasteiger partial charge is 0.131 e. The SMILES string of the molecule is COCC1O[C@@H](c2cc(C)c(F)cc2F)C[C@@H]1OC. The Morgan fingerprint density at radius 3 is 2.63 bits per heavy atom. The van der Waals surface area contributed by atoms with Crippen molar-refractivity contribution in [2.75, 3.05) is 20.8 Å². The molecule has 0 saturated carbocycles. The lowest BCUT2D eigenvalue weighted by molar-refractivity contribution is -0.0450. The van der Waals surface area contributed by atoms with E-state index < -0.39 is 17.7 Å². The highest BCUT2D eigenvalue weighted by Crippen LogP contribution is 2.36. The first-order chi connectivity index (χ1) is 9.06. The van der Waals surface area contributed by atoms with Gasteiger partial charge in [-0.2, -0.15) is 0 Å². The number of benzene rings is 1. The van der Waals surface area contributed by atoms with Gasteiger partial charge < -0.3 is 14.2 Å².